The molecule has 4 heteroatoms. The largest absolute Gasteiger partial charge is 0.462 e. The number of H-pyrrole nitrogens is 1. The van der Waals surface area contributed by atoms with Gasteiger partial charge in [-0.15, -0.1) is 0 Å². The standard InChI is InChI=1S/C16H17NO3/c1-3-20-16(19)11-7-10-5-4-6-12-9(2)15(18)17-13(8-11)14(10)12/h7-8H,3-6H2,1-2H3,(H,17,18). The maximum Gasteiger partial charge on any atom is 0.338 e. The van der Waals surface area contributed by atoms with Gasteiger partial charge in [0.05, 0.1) is 12.2 Å². The minimum Gasteiger partial charge on any atom is -0.462 e. The summed E-state index contributed by atoms with van der Waals surface area (Å²) in [5, 5.41) is 1.11. The van der Waals surface area contributed by atoms with Crippen molar-refractivity contribution in [2.45, 2.75) is 33.1 Å². The van der Waals surface area contributed by atoms with Crippen LogP contribution in [0, 0.1) is 6.92 Å². The summed E-state index contributed by atoms with van der Waals surface area (Å²) in [6.45, 7) is 4.00. The lowest BCUT2D eigenvalue weighted by atomic mass is 9.87. The number of rotatable bonds is 2. The molecule has 20 heavy (non-hydrogen) atoms. The number of benzene rings is 1. The van der Waals surface area contributed by atoms with Crippen molar-refractivity contribution in [1.29, 1.82) is 0 Å². The highest BCUT2D eigenvalue weighted by Crippen LogP contribution is 2.30. The molecule has 104 valence electrons. The second-order valence-electron chi connectivity index (χ2n) is 5.19. The minimum absolute atomic E-state index is 0.0682. The molecule has 1 N–H and O–H groups in total. The smallest absolute Gasteiger partial charge is 0.338 e. The van der Waals surface area contributed by atoms with Gasteiger partial charge in [-0.2, -0.15) is 0 Å². The molecule has 1 aliphatic carbocycles. The van der Waals surface area contributed by atoms with E-state index in [-0.39, 0.29) is 11.5 Å². The highest BCUT2D eigenvalue weighted by atomic mass is 16.5. The lowest BCUT2D eigenvalue weighted by Gasteiger charge is -2.19. The molecule has 0 saturated carbocycles. The number of ether oxygens (including phenoxy) is 1. The van der Waals surface area contributed by atoms with Crippen LogP contribution in [0.4, 0.5) is 0 Å². The predicted octanol–water partition coefficient (Wildman–Crippen LogP) is 2.50. The third-order valence-electron chi connectivity index (χ3n) is 3.95. The van der Waals surface area contributed by atoms with Gasteiger partial charge in [-0.1, -0.05) is 0 Å². The van der Waals surface area contributed by atoms with Crippen molar-refractivity contribution in [2.75, 3.05) is 6.61 Å². The van der Waals surface area contributed by atoms with E-state index in [1.54, 1.807) is 13.0 Å². The highest BCUT2D eigenvalue weighted by molar-refractivity contribution is 5.97. The van der Waals surface area contributed by atoms with E-state index < -0.39 is 0 Å². The van der Waals surface area contributed by atoms with Crippen LogP contribution in [0.1, 0.15) is 40.4 Å². The quantitative estimate of drug-likeness (QED) is 0.854. The van der Waals surface area contributed by atoms with Gasteiger partial charge in [-0.3, -0.25) is 4.79 Å². The van der Waals surface area contributed by atoms with Gasteiger partial charge in [0.1, 0.15) is 0 Å². The van der Waals surface area contributed by atoms with Crippen LogP contribution in [0.2, 0.25) is 0 Å². The Kier molecular flexibility index (Phi) is 3.08. The number of hydrogen-bond acceptors (Lipinski definition) is 3. The van der Waals surface area contributed by atoms with Gasteiger partial charge in [0.25, 0.3) is 5.56 Å². The SMILES string of the molecule is CCOC(=O)c1cc2c3c(c(C)c(=O)[nH]c3c1)CCC2. The summed E-state index contributed by atoms with van der Waals surface area (Å²) in [5.74, 6) is -0.334. The van der Waals surface area contributed by atoms with Crippen LogP contribution in [0.15, 0.2) is 16.9 Å². The van der Waals surface area contributed by atoms with E-state index in [0.29, 0.717) is 12.2 Å². The first-order valence-electron chi connectivity index (χ1n) is 6.97. The van der Waals surface area contributed by atoms with Crippen LogP contribution >= 0.6 is 0 Å². The Balaban J connectivity index is 2.29. The molecule has 0 fully saturated rings. The number of aryl methyl sites for hydroxylation is 2. The zero-order valence-corrected chi connectivity index (χ0v) is 11.7. The van der Waals surface area contributed by atoms with E-state index in [1.807, 2.05) is 13.0 Å². The van der Waals surface area contributed by atoms with E-state index in [2.05, 4.69) is 4.98 Å². The fourth-order valence-corrected chi connectivity index (χ4v) is 3.00. The fraction of sp³-hybridized carbons (Fsp3) is 0.375. The molecule has 0 amide bonds. The molecule has 4 nitrogen and oxygen atoms in total. The number of esters is 1. The van der Waals surface area contributed by atoms with Crippen LogP contribution in [-0.2, 0) is 17.6 Å². The van der Waals surface area contributed by atoms with Crippen molar-refractivity contribution >= 4 is 16.9 Å². The Morgan fingerprint density at radius 3 is 2.90 bits per heavy atom. The van der Waals surface area contributed by atoms with Crippen LogP contribution in [0.3, 0.4) is 0 Å². The van der Waals surface area contributed by atoms with Gasteiger partial charge in [-0.05, 0) is 56.4 Å². The Morgan fingerprint density at radius 1 is 1.35 bits per heavy atom. The van der Waals surface area contributed by atoms with Gasteiger partial charge in [-0.25, -0.2) is 4.79 Å². The van der Waals surface area contributed by atoms with Gasteiger partial charge in [0.2, 0.25) is 0 Å². The van der Waals surface area contributed by atoms with E-state index in [4.69, 9.17) is 4.74 Å². The molecular weight excluding hydrogens is 254 g/mol. The number of pyridine rings is 1. The molecule has 0 radical (unpaired) electrons. The zero-order valence-electron chi connectivity index (χ0n) is 11.7. The molecule has 0 bridgehead atoms. The van der Waals surface area contributed by atoms with Gasteiger partial charge in [0.15, 0.2) is 0 Å². The molecule has 0 atom stereocenters. The molecular formula is C16H17NO3. The molecule has 0 aliphatic heterocycles. The Hall–Kier alpha value is -2.10. The monoisotopic (exact) mass is 271 g/mol. The third-order valence-corrected chi connectivity index (χ3v) is 3.95. The Bertz CT molecular complexity index is 758. The van der Waals surface area contributed by atoms with Crippen molar-refractivity contribution in [2.24, 2.45) is 0 Å². The first-order valence-corrected chi connectivity index (χ1v) is 6.97. The summed E-state index contributed by atoms with van der Waals surface area (Å²) >= 11 is 0. The summed E-state index contributed by atoms with van der Waals surface area (Å²) in [6.07, 6.45) is 2.87. The second-order valence-corrected chi connectivity index (χ2v) is 5.19. The van der Waals surface area contributed by atoms with Gasteiger partial charge < -0.3 is 9.72 Å². The average Bonchev–Trinajstić information content (AvgIpc) is 2.44. The molecule has 1 aromatic carbocycles. The normalized spacial score (nSPS) is 13.5. The number of carbonyl (C=O) groups is 1. The Labute approximate surface area is 116 Å². The van der Waals surface area contributed by atoms with Crippen LogP contribution in [-0.4, -0.2) is 17.6 Å². The lowest BCUT2D eigenvalue weighted by molar-refractivity contribution is 0.0526. The van der Waals surface area contributed by atoms with Crippen molar-refractivity contribution in [3.63, 3.8) is 0 Å². The number of aromatic amines is 1. The van der Waals surface area contributed by atoms with Crippen LogP contribution in [0.5, 0.6) is 0 Å². The minimum atomic E-state index is -0.334. The average molecular weight is 271 g/mol. The van der Waals surface area contributed by atoms with E-state index in [0.717, 1.165) is 46.9 Å². The van der Waals surface area contributed by atoms with Crippen LogP contribution in [0.25, 0.3) is 10.9 Å². The molecule has 1 heterocycles. The highest BCUT2D eigenvalue weighted by Gasteiger charge is 2.19. The molecule has 3 rings (SSSR count). The first kappa shape index (κ1) is 12.9. The molecule has 1 aromatic heterocycles. The van der Waals surface area contributed by atoms with Gasteiger partial charge >= 0.3 is 5.97 Å². The lowest BCUT2D eigenvalue weighted by Crippen LogP contribution is -2.17. The maximum atomic E-state index is 12.0. The van der Waals surface area contributed by atoms with Crippen molar-refractivity contribution in [1.82, 2.24) is 4.98 Å². The van der Waals surface area contributed by atoms with Gasteiger partial charge in [0, 0.05) is 16.5 Å². The molecule has 2 aromatic rings. The third kappa shape index (κ3) is 1.92. The summed E-state index contributed by atoms with van der Waals surface area (Å²) in [7, 11) is 0. The maximum absolute atomic E-state index is 12.0. The van der Waals surface area contributed by atoms with Crippen molar-refractivity contribution in [3.05, 3.63) is 44.7 Å². The first-order chi connectivity index (χ1) is 9.61. The van der Waals surface area contributed by atoms with Crippen molar-refractivity contribution in [3.8, 4) is 0 Å². The Morgan fingerprint density at radius 2 is 2.15 bits per heavy atom. The van der Waals surface area contributed by atoms with Crippen molar-refractivity contribution < 1.29 is 9.53 Å². The molecule has 0 spiro atoms. The summed E-state index contributed by atoms with van der Waals surface area (Å²) in [5.41, 5.74) is 4.24. The second kappa shape index (κ2) is 4.78. The summed E-state index contributed by atoms with van der Waals surface area (Å²) < 4.78 is 5.05. The molecule has 0 unspecified atom stereocenters. The summed E-state index contributed by atoms with van der Waals surface area (Å²) in [6, 6.07) is 3.63. The topological polar surface area (TPSA) is 59.2 Å². The predicted molar refractivity (Wildman–Crippen MR) is 77.3 cm³/mol. The number of carbonyl (C=O) groups excluding carboxylic acids is 1. The number of nitrogens with one attached hydrogen (secondary N) is 1. The molecule has 0 saturated heterocycles. The summed E-state index contributed by atoms with van der Waals surface area (Å²) in [4.78, 5) is 26.8. The van der Waals surface area contributed by atoms with Crippen LogP contribution < -0.4 is 5.56 Å². The number of aromatic nitrogens is 1. The van der Waals surface area contributed by atoms with E-state index >= 15 is 0 Å². The molecule has 1 aliphatic rings. The van der Waals surface area contributed by atoms with E-state index in [9.17, 15) is 9.59 Å². The fourth-order valence-electron chi connectivity index (χ4n) is 3.00. The van der Waals surface area contributed by atoms with E-state index in [1.165, 1.54) is 0 Å². The zero-order chi connectivity index (χ0) is 14.3. The number of hydrogen-bond donors (Lipinski definition) is 1.